The maximum atomic E-state index is 13.1. The Morgan fingerprint density at radius 2 is 1.84 bits per heavy atom. The predicted octanol–water partition coefficient (Wildman–Crippen LogP) is 2.37. The number of carbonyl (C=O) groups is 1. The SMILES string of the molecule is CCn1c(NC(=O)c2cnc(N)nc2)nc2c3c(ccc2c1=O)OCCCCCCO3. The van der Waals surface area contributed by atoms with Gasteiger partial charge in [-0.25, -0.2) is 15.0 Å². The van der Waals surface area contributed by atoms with Crippen molar-refractivity contribution in [1.82, 2.24) is 19.5 Å². The van der Waals surface area contributed by atoms with Crippen LogP contribution in [-0.2, 0) is 6.54 Å². The molecule has 31 heavy (non-hydrogen) atoms. The molecule has 10 heteroatoms. The second-order valence-corrected chi connectivity index (χ2v) is 7.17. The third-order valence-electron chi connectivity index (χ3n) is 5.06. The van der Waals surface area contributed by atoms with Gasteiger partial charge in [0.05, 0.1) is 24.2 Å². The molecule has 0 bridgehead atoms. The van der Waals surface area contributed by atoms with Crippen LogP contribution < -0.4 is 26.1 Å². The van der Waals surface area contributed by atoms with E-state index >= 15 is 0 Å². The van der Waals surface area contributed by atoms with Gasteiger partial charge in [0.15, 0.2) is 11.5 Å². The number of hydrogen-bond donors (Lipinski definition) is 2. The van der Waals surface area contributed by atoms with Gasteiger partial charge in [0.1, 0.15) is 5.52 Å². The van der Waals surface area contributed by atoms with E-state index in [1.165, 1.54) is 17.0 Å². The summed E-state index contributed by atoms with van der Waals surface area (Å²) in [7, 11) is 0. The molecule has 4 rings (SSSR count). The van der Waals surface area contributed by atoms with Gasteiger partial charge in [0.25, 0.3) is 11.5 Å². The third kappa shape index (κ3) is 4.27. The van der Waals surface area contributed by atoms with Crippen molar-refractivity contribution in [1.29, 1.82) is 0 Å². The monoisotopic (exact) mass is 424 g/mol. The molecule has 2 aromatic heterocycles. The molecule has 0 saturated carbocycles. The van der Waals surface area contributed by atoms with E-state index in [2.05, 4.69) is 20.3 Å². The summed E-state index contributed by atoms with van der Waals surface area (Å²) in [4.78, 5) is 38.1. The average Bonchev–Trinajstić information content (AvgIpc) is 2.77. The van der Waals surface area contributed by atoms with E-state index in [1.54, 1.807) is 19.1 Å². The summed E-state index contributed by atoms with van der Waals surface area (Å²) in [5.41, 5.74) is 5.76. The number of benzene rings is 1. The van der Waals surface area contributed by atoms with Gasteiger partial charge in [-0.15, -0.1) is 0 Å². The third-order valence-corrected chi connectivity index (χ3v) is 5.06. The Bertz CT molecular complexity index is 1160. The van der Waals surface area contributed by atoms with Crippen molar-refractivity contribution in [2.75, 3.05) is 24.3 Å². The Hall–Kier alpha value is -3.69. The van der Waals surface area contributed by atoms with Crippen LogP contribution in [0.3, 0.4) is 0 Å². The van der Waals surface area contributed by atoms with E-state index in [0.29, 0.717) is 42.2 Å². The van der Waals surface area contributed by atoms with Gasteiger partial charge in [-0.1, -0.05) is 0 Å². The second-order valence-electron chi connectivity index (χ2n) is 7.17. The zero-order chi connectivity index (χ0) is 21.8. The van der Waals surface area contributed by atoms with E-state index in [1.807, 2.05) is 0 Å². The lowest BCUT2D eigenvalue weighted by Crippen LogP contribution is -2.27. The Kier molecular flexibility index (Phi) is 5.96. The summed E-state index contributed by atoms with van der Waals surface area (Å²) in [6.07, 6.45) is 6.61. The molecule has 1 aliphatic heterocycles. The first kappa shape index (κ1) is 20.6. The number of carbonyl (C=O) groups excluding carboxylic acids is 1. The molecule has 3 heterocycles. The fraction of sp³-hybridized carbons (Fsp3) is 0.381. The van der Waals surface area contributed by atoms with E-state index in [0.717, 1.165) is 25.7 Å². The van der Waals surface area contributed by atoms with Gasteiger partial charge in [-0.2, -0.15) is 0 Å². The van der Waals surface area contributed by atoms with Crippen molar-refractivity contribution in [3.05, 3.63) is 40.4 Å². The molecule has 0 fully saturated rings. The molecule has 0 atom stereocenters. The Balaban J connectivity index is 1.79. The molecule has 1 aromatic carbocycles. The van der Waals surface area contributed by atoms with Crippen molar-refractivity contribution in [2.45, 2.75) is 39.2 Å². The lowest BCUT2D eigenvalue weighted by Gasteiger charge is -2.18. The molecule has 1 amide bonds. The van der Waals surface area contributed by atoms with Crippen LogP contribution in [0.4, 0.5) is 11.9 Å². The molecule has 10 nitrogen and oxygen atoms in total. The number of nitrogens with two attached hydrogens (primary N) is 1. The predicted molar refractivity (Wildman–Crippen MR) is 116 cm³/mol. The van der Waals surface area contributed by atoms with E-state index in [4.69, 9.17) is 15.2 Å². The van der Waals surface area contributed by atoms with Gasteiger partial charge in [-0.05, 0) is 44.7 Å². The number of nitrogen functional groups attached to an aromatic ring is 1. The second kappa shape index (κ2) is 8.99. The number of rotatable bonds is 3. The number of fused-ring (bicyclic) bond motifs is 3. The fourth-order valence-electron chi connectivity index (χ4n) is 3.43. The van der Waals surface area contributed by atoms with Gasteiger partial charge >= 0.3 is 0 Å². The highest BCUT2D eigenvalue weighted by Gasteiger charge is 2.20. The number of nitrogens with one attached hydrogen (secondary N) is 1. The van der Waals surface area contributed by atoms with E-state index in [-0.39, 0.29) is 23.0 Å². The minimum absolute atomic E-state index is 0.0633. The highest BCUT2D eigenvalue weighted by molar-refractivity contribution is 6.03. The average molecular weight is 424 g/mol. The van der Waals surface area contributed by atoms with Crippen LogP contribution in [0.5, 0.6) is 11.5 Å². The van der Waals surface area contributed by atoms with Gasteiger partial charge < -0.3 is 15.2 Å². The molecule has 1 aliphatic rings. The summed E-state index contributed by atoms with van der Waals surface area (Å²) in [5.74, 6) is 0.632. The topological polar surface area (TPSA) is 134 Å². The van der Waals surface area contributed by atoms with E-state index in [9.17, 15) is 9.59 Å². The summed E-state index contributed by atoms with van der Waals surface area (Å²) in [5, 5.41) is 3.08. The van der Waals surface area contributed by atoms with Crippen molar-refractivity contribution in [3.8, 4) is 11.5 Å². The van der Waals surface area contributed by atoms with Crippen LogP contribution in [0.1, 0.15) is 43.0 Å². The number of anilines is 2. The number of hydrogen-bond acceptors (Lipinski definition) is 8. The lowest BCUT2D eigenvalue weighted by atomic mass is 10.2. The zero-order valence-corrected chi connectivity index (χ0v) is 17.3. The minimum atomic E-state index is -0.502. The number of aromatic nitrogens is 4. The van der Waals surface area contributed by atoms with Crippen molar-refractivity contribution in [3.63, 3.8) is 0 Å². The van der Waals surface area contributed by atoms with Crippen molar-refractivity contribution >= 4 is 28.7 Å². The van der Waals surface area contributed by atoms with Crippen LogP contribution in [0.15, 0.2) is 29.3 Å². The molecule has 0 saturated heterocycles. The van der Waals surface area contributed by atoms with Crippen molar-refractivity contribution < 1.29 is 14.3 Å². The first-order valence-electron chi connectivity index (χ1n) is 10.3. The maximum Gasteiger partial charge on any atom is 0.262 e. The molecule has 162 valence electrons. The van der Waals surface area contributed by atoms with Crippen LogP contribution in [-0.4, -0.2) is 38.6 Å². The summed E-state index contributed by atoms with van der Waals surface area (Å²) in [6.45, 7) is 3.19. The summed E-state index contributed by atoms with van der Waals surface area (Å²) in [6, 6.07) is 3.43. The van der Waals surface area contributed by atoms with Crippen LogP contribution >= 0.6 is 0 Å². The Morgan fingerprint density at radius 3 is 2.55 bits per heavy atom. The molecule has 0 aliphatic carbocycles. The number of ether oxygens (including phenoxy) is 2. The molecule has 3 N–H and O–H groups in total. The lowest BCUT2D eigenvalue weighted by molar-refractivity contribution is 0.102. The first-order chi connectivity index (χ1) is 15.1. The van der Waals surface area contributed by atoms with Crippen LogP contribution in [0.2, 0.25) is 0 Å². The number of amides is 1. The zero-order valence-electron chi connectivity index (χ0n) is 17.3. The smallest absolute Gasteiger partial charge is 0.262 e. The normalized spacial score (nSPS) is 14.2. The van der Waals surface area contributed by atoms with Gasteiger partial charge in [0.2, 0.25) is 11.9 Å². The highest BCUT2D eigenvalue weighted by Crippen LogP contribution is 2.35. The number of nitrogens with zero attached hydrogens (tertiary/aromatic N) is 4. The summed E-state index contributed by atoms with van der Waals surface area (Å²) >= 11 is 0. The maximum absolute atomic E-state index is 13.1. The fourth-order valence-corrected chi connectivity index (χ4v) is 3.43. The standard InChI is InChI=1S/C21H24N6O4/c1-2-27-19(29)14-7-8-15-17(31-10-6-4-3-5-9-30-15)16(14)25-21(27)26-18(28)13-11-23-20(22)24-12-13/h7-8,11-12H,2-6,9-10H2,1H3,(H2,22,23,24)(H,25,26,28). The molecular formula is C21H24N6O4. The first-order valence-corrected chi connectivity index (χ1v) is 10.3. The minimum Gasteiger partial charge on any atom is -0.490 e. The molecule has 0 unspecified atom stereocenters. The van der Waals surface area contributed by atoms with Gasteiger partial charge in [-0.3, -0.25) is 19.5 Å². The molecule has 0 spiro atoms. The Labute approximate surface area is 178 Å². The Morgan fingerprint density at radius 1 is 1.13 bits per heavy atom. The quantitative estimate of drug-likeness (QED) is 0.654. The summed E-state index contributed by atoms with van der Waals surface area (Å²) < 4.78 is 13.3. The van der Waals surface area contributed by atoms with Gasteiger partial charge in [0, 0.05) is 18.9 Å². The van der Waals surface area contributed by atoms with Crippen LogP contribution in [0, 0.1) is 0 Å². The molecular weight excluding hydrogens is 400 g/mol. The molecule has 3 aromatic rings. The van der Waals surface area contributed by atoms with Crippen molar-refractivity contribution in [2.24, 2.45) is 0 Å². The van der Waals surface area contributed by atoms with Crippen LogP contribution in [0.25, 0.3) is 10.9 Å². The largest absolute Gasteiger partial charge is 0.490 e. The molecule has 0 radical (unpaired) electrons. The van der Waals surface area contributed by atoms with E-state index < -0.39 is 5.91 Å². The highest BCUT2D eigenvalue weighted by atomic mass is 16.5.